The first kappa shape index (κ1) is 12.3. The number of hydrogen-bond acceptors (Lipinski definition) is 5. The molecule has 1 aliphatic carbocycles. The smallest absolute Gasteiger partial charge is 0.234 e. The summed E-state index contributed by atoms with van der Waals surface area (Å²) in [5.74, 6) is 1.20. The molecule has 1 fully saturated rings. The van der Waals surface area contributed by atoms with E-state index in [0.717, 1.165) is 18.4 Å². The number of hydrogen-bond donors (Lipinski definition) is 1. The monoisotopic (exact) mass is 259 g/mol. The van der Waals surface area contributed by atoms with Crippen molar-refractivity contribution in [3.8, 4) is 0 Å². The molecule has 1 aromatic carbocycles. The Morgan fingerprint density at radius 2 is 2.11 bits per heavy atom. The maximum atomic E-state index is 5.77. The molecule has 3 rings (SSSR count). The van der Waals surface area contributed by atoms with Crippen LogP contribution in [0.5, 0.6) is 0 Å². The highest BCUT2D eigenvalue weighted by Gasteiger charge is 2.48. The molecule has 1 aliphatic rings. The number of nitrogens with two attached hydrogens (primary N) is 1. The summed E-state index contributed by atoms with van der Waals surface area (Å²) in [5.41, 5.74) is 6.70. The molecule has 0 amide bonds. The van der Waals surface area contributed by atoms with E-state index < -0.39 is 0 Å². The first-order valence-electron chi connectivity index (χ1n) is 6.41. The number of rotatable bonds is 5. The van der Waals surface area contributed by atoms with Gasteiger partial charge in [0.15, 0.2) is 0 Å². The third-order valence-electron chi connectivity index (χ3n) is 3.71. The molecule has 2 N–H and O–H groups in total. The Balaban J connectivity index is 1.89. The van der Waals surface area contributed by atoms with Crippen LogP contribution in [0.1, 0.15) is 36.2 Å². The van der Waals surface area contributed by atoms with Gasteiger partial charge in [-0.05, 0) is 18.4 Å². The lowest BCUT2D eigenvalue weighted by Gasteiger charge is -2.11. The van der Waals surface area contributed by atoms with Gasteiger partial charge in [-0.15, -0.1) is 0 Å². The molecular weight excluding hydrogens is 242 g/mol. The van der Waals surface area contributed by atoms with E-state index in [4.69, 9.17) is 15.0 Å². The van der Waals surface area contributed by atoms with Gasteiger partial charge in [0, 0.05) is 13.7 Å². The van der Waals surface area contributed by atoms with Gasteiger partial charge < -0.3 is 15.0 Å². The summed E-state index contributed by atoms with van der Waals surface area (Å²) >= 11 is 0. The maximum Gasteiger partial charge on any atom is 0.234 e. The minimum Gasteiger partial charge on any atom is -0.369 e. The zero-order chi connectivity index (χ0) is 13.3. The number of aromatic nitrogens is 2. The summed E-state index contributed by atoms with van der Waals surface area (Å²) in [4.78, 5) is 4.48. The van der Waals surface area contributed by atoms with Crippen molar-refractivity contribution >= 4 is 0 Å². The van der Waals surface area contributed by atoms with E-state index in [1.165, 1.54) is 0 Å². The van der Waals surface area contributed by atoms with E-state index in [1.807, 2.05) is 30.3 Å². The Labute approximate surface area is 111 Å². The van der Waals surface area contributed by atoms with Crippen LogP contribution in [0.15, 0.2) is 34.9 Å². The van der Waals surface area contributed by atoms with Gasteiger partial charge in [-0.3, -0.25) is 0 Å². The average molecular weight is 259 g/mol. The molecule has 0 saturated heterocycles. The van der Waals surface area contributed by atoms with Crippen LogP contribution in [0, 0.1) is 0 Å². The fourth-order valence-corrected chi connectivity index (χ4v) is 2.23. The van der Waals surface area contributed by atoms with Crippen LogP contribution in [0.3, 0.4) is 0 Å². The Kier molecular flexibility index (Phi) is 3.08. The lowest BCUT2D eigenvalue weighted by Crippen LogP contribution is -2.20. The summed E-state index contributed by atoms with van der Waals surface area (Å²) in [6.07, 6.45) is 1.75. The Morgan fingerprint density at radius 3 is 2.68 bits per heavy atom. The largest absolute Gasteiger partial charge is 0.369 e. The van der Waals surface area contributed by atoms with Crippen molar-refractivity contribution in [1.29, 1.82) is 0 Å². The second kappa shape index (κ2) is 4.75. The van der Waals surface area contributed by atoms with E-state index in [9.17, 15) is 0 Å². The van der Waals surface area contributed by atoms with Crippen LogP contribution in [-0.4, -0.2) is 23.8 Å². The fraction of sp³-hybridized carbons (Fsp3) is 0.429. The summed E-state index contributed by atoms with van der Waals surface area (Å²) < 4.78 is 10.9. The molecular formula is C14H17N3O2. The Hall–Kier alpha value is -1.72. The number of methoxy groups -OCH3 is 1. The molecule has 1 unspecified atom stereocenters. The molecule has 0 radical (unpaired) electrons. The predicted octanol–water partition coefficient (Wildman–Crippen LogP) is 1.80. The molecule has 1 atom stereocenters. The van der Waals surface area contributed by atoms with Crippen LogP contribution in [0.25, 0.3) is 0 Å². The van der Waals surface area contributed by atoms with Gasteiger partial charge in [0.25, 0.3) is 0 Å². The van der Waals surface area contributed by atoms with Crippen molar-refractivity contribution in [1.82, 2.24) is 10.1 Å². The van der Waals surface area contributed by atoms with Gasteiger partial charge in [0.2, 0.25) is 11.7 Å². The second-order valence-corrected chi connectivity index (χ2v) is 4.97. The van der Waals surface area contributed by atoms with Crippen LogP contribution < -0.4 is 5.73 Å². The Bertz CT molecular complexity index is 549. The molecule has 2 aromatic rings. The SMILES string of the molecule is COC(c1ccccc1)c1noc(C2(CN)CC2)n1. The van der Waals surface area contributed by atoms with Crippen LogP contribution >= 0.6 is 0 Å². The van der Waals surface area contributed by atoms with Gasteiger partial charge in [-0.2, -0.15) is 4.98 Å². The van der Waals surface area contributed by atoms with Crippen molar-refractivity contribution < 1.29 is 9.26 Å². The van der Waals surface area contributed by atoms with E-state index >= 15 is 0 Å². The quantitative estimate of drug-likeness (QED) is 0.886. The number of benzene rings is 1. The zero-order valence-corrected chi connectivity index (χ0v) is 10.9. The highest BCUT2D eigenvalue weighted by atomic mass is 16.5. The van der Waals surface area contributed by atoms with Gasteiger partial charge in [0.05, 0.1) is 5.41 Å². The lowest BCUT2D eigenvalue weighted by molar-refractivity contribution is 0.126. The molecule has 0 bridgehead atoms. The lowest BCUT2D eigenvalue weighted by atomic mass is 10.1. The minimum absolute atomic E-state index is 0.0831. The molecule has 100 valence electrons. The average Bonchev–Trinajstić information content (AvgIpc) is 3.12. The van der Waals surface area contributed by atoms with E-state index in [0.29, 0.717) is 18.3 Å². The van der Waals surface area contributed by atoms with Crippen molar-refractivity contribution in [3.63, 3.8) is 0 Å². The van der Waals surface area contributed by atoms with Crippen LogP contribution in [0.2, 0.25) is 0 Å². The summed E-state index contributed by atoms with van der Waals surface area (Å²) in [6, 6.07) is 9.86. The summed E-state index contributed by atoms with van der Waals surface area (Å²) in [7, 11) is 1.64. The highest BCUT2D eigenvalue weighted by molar-refractivity contribution is 5.24. The minimum atomic E-state index is -0.299. The van der Waals surface area contributed by atoms with Crippen LogP contribution in [0.4, 0.5) is 0 Å². The molecule has 19 heavy (non-hydrogen) atoms. The first-order chi connectivity index (χ1) is 9.29. The van der Waals surface area contributed by atoms with Gasteiger partial charge >= 0.3 is 0 Å². The highest BCUT2D eigenvalue weighted by Crippen LogP contribution is 2.46. The Morgan fingerprint density at radius 1 is 1.37 bits per heavy atom. The number of nitrogens with zero attached hydrogens (tertiary/aromatic N) is 2. The maximum absolute atomic E-state index is 5.77. The molecule has 5 nitrogen and oxygen atoms in total. The zero-order valence-electron chi connectivity index (χ0n) is 10.9. The van der Waals surface area contributed by atoms with Gasteiger partial charge in [-0.25, -0.2) is 0 Å². The van der Waals surface area contributed by atoms with Crippen molar-refractivity contribution in [2.24, 2.45) is 5.73 Å². The topological polar surface area (TPSA) is 74.2 Å². The third kappa shape index (κ3) is 2.15. The van der Waals surface area contributed by atoms with Gasteiger partial charge in [-0.1, -0.05) is 35.5 Å². The second-order valence-electron chi connectivity index (χ2n) is 4.97. The molecule has 0 aliphatic heterocycles. The van der Waals surface area contributed by atoms with Crippen molar-refractivity contribution in [2.75, 3.05) is 13.7 Å². The summed E-state index contributed by atoms with van der Waals surface area (Å²) in [6.45, 7) is 0.553. The molecule has 1 aromatic heterocycles. The standard InChI is InChI=1S/C14H17N3O2/c1-18-11(10-5-3-2-4-6-10)12-16-13(19-17-12)14(9-15)7-8-14/h2-6,11H,7-9,15H2,1H3. The van der Waals surface area contributed by atoms with E-state index in [-0.39, 0.29) is 11.5 Å². The molecule has 1 heterocycles. The predicted molar refractivity (Wildman–Crippen MR) is 69.6 cm³/mol. The van der Waals surface area contributed by atoms with Crippen molar-refractivity contribution in [2.45, 2.75) is 24.4 Å². The fourth-order valence-electron chi connectivity index (χ4n) is 2.23. The molecule has 5 heteroatoms. The first-order valence-corrected chi connectivity index (χ1v) is 6.41. The van der Waals surface area contributed by atoms with Crippen LogP contribution in [-0.2, 0) is 10.2 Å². The van der Waals surface area contributed by atoms with Gasteiger partial charge in [0.1, 0.15) is 6.10 Å². The molecule has 1 saturated carbocycles. The molecule has 0 spiro atoms. The normalized spacial score (nSPS) is 18.2. The van der Waals surface area contributed by atoms with Crippen molar-refractivity contribution in [3.05, 3.63) is 47.6 Å². The third-order valence-corrected chi connectivity index (χ3v) is 3.71. The summed E-state index contributed by atoms with van der Waals surface area (Å²) in [5, 5.41) is 4.05. The van der Waals surface area contributed by atoms with E-state index in [2.05, 4.69) is 10.1 Å². The van der Waals surface area contributed by atoms with E-state index in [1.54, 1.807) is 7.11 Å². The number of ether oxygens (including phenoxy) is 1.